The molecule has 0 radical (unpaired) electrons. The molecule has 4 rings (SSSR count). The average molecular weight is 342 g/mol. The topological polar surface area (TPSA) is 42.4 Å². The maximum absolute atomic E-state index is 12.7. The van der Waals surface area contributed by atoms with E-state index in [4.69, 9.17) is 4.74 Å². The van der Waals surface area contributed by atoms with Crippen LogP contribution in [0.3, 0.4) is 0 Å². The highest BCUT2D eigenvalue weighted by molar-refractivity contribution is 7.09. The lowest BCUT2D eigenvalue weighted by molar-refractivity contribution is -0.143. The average Bonchev–Trinajstić information content (AvgIpc) is 3.24. The van der Waals surface area contributed by atoms with Crippen LogP contribution in [0.4, 0.5) is 0 Å². The van der Waals surface area contributed by atoms with Crippen molar-refractivity contribution in [3.8, 4) is 0 Å². The van der Waals surface area contributed by atoms with Gasteiger partial charge >= 0.3 is 0 Å². The highest BCUT2D eigenvalue weighted by Gasteiger charge is 2.38. The number of amides is 1. The molecule has 1 aromatic heterocycles. The number of morpholine rings is 1. The van der Waals surface area contributed by atoms with Gasteiger partial charge in [0.2, 0.25) is 5.91 Å². The molecule has 2 unspecified atom stereocenters. The van der Waals surface area contributed by atoms with Gasteiger partial charge in [0, 0.05) is 18.3 Å². The first-order valence-electron chi connectivity index (χ1n) is 8.68. The molecule has 24 heavy (non-hydrogen) atoms. The molecule has 0 N–H and O–H groups in total. The number of hydrogen-bond donors (Lipinski definition) is 0. The summed E-state index contributed by atoms with van der Waals surface area (Å²) in [7, 11) is 0. The van der Waals surface area contributed by atoms with Crippen LogP contribution in [0.1, 0.15) is 35.5 Å². The van der Waals surface area contributed by atoms with Crippen LogP contribution < -0.4 is 0 Å². The lowest BCUT2D eigenvalue weighted by atomic mass is 10.1. The van der Waals surface area contributed by atoms with Gasteiger partial charge in [0.15, 0.2) is 0 Å². The molecule has 2 atom stereocenters. The van der Waals surface area contributed by atoms with E-state index in [1.54, 1.807) is 11.3 Å². The predicted octanol–water partition coefficient (Wildman–Crippen LogP) is 3.06. The van der Waals surface area contributed by atoms with Crippen molar-refractivity contribution in [3.63, 3.8) is 0 Å². The Morgan fingerprint density at radius 3 is 3.04 bits per heavy atom. The Bertz CT molecular complexity index is 700. The van der Waals surface area contributed by atoms with E-state index in [1.165, 1.54) is 5.56 Å². The maximum Gasteiger partial charge on any atom is 0.229 e. The molecule has 0 bridgehead atoms. The third-order valence-electron chi connectivity index (χ3n) is 4.93. The van der Waals surface area contributed by atoms with Crippen molar-refractivity contribution in [2.45, 2.75) is 44.2 Å². The van der Waals surface area contributed by atoms with Crippen LogP contribution in [0.5, 0.6) is 0 Å². The molecule has 4 nitrogen and oxygen atoms in total. The number of benzene rings is 1. The summed E-state index contributed by atoms with van der Waals surface area (Å²) in [6.45, 7) is 1.39. The van der Waals surface area contributed by atoms with Gasteiger partial charge in [-0.25, -0.2) is 4.98 Å². The largest absolute Gasteiger partial charge is 0.374 e. The second-order valence-corrected chi connectivity index (χ2v) is 7.51. The van der Waals surface area contributed by atoms with Crippen LogP contribution in [0, 0.1) is 0 Å². The van der Waals surface area contributed by atoms with Gasteiger partial charge in [0.05, 0.1) is 35.9 Å². The zero-order valence-corrected chi connectivity index (χ0v) is 14.5. The lowest BCUT2D eigenvalue weighted by Crippen LogP contribution is -2.51. The van der Waals surface area contributed by atoms with E-state index in [-0.39, 0.29) is 18.1 Å². The van der Waals surface area contributed by atoms with Crippen molar-refractivity contribution in [1.29, 1.82) is 0 Å². The normalized spacial score (nSPS) is 23.2. The van der Waals surface area contributed by atoms with Gasteiger partial charge in [0.1, 0.15) is 0 Å². The molecule has 1 saturated heterocycles. The molecule has 2 aliphatic rings. The molecule has 2 fully saturated rings. The Morgan fingerprint density at radius 1 is 1.29 bits per heavy atom. The second-order valence-electron chi connectivity index (χ2n) is 6.57. The summed E-state index contributed by atoms with van der Waals surface area (Å²) in [5.41, 5.74) is 2.16. The van der Waals surface area contributed by atoms with Gasteiger partial charge < -0.3 is 9.64 Å². The smallest absolute Gasteiger partial charge is 0.229 e. The van der Waals surface area contributed by atoms with Gasteiger partial charge in [-0.2, -0.15) is 0 Å². The fourth-order valence-corrected chi connectivity index (χ4v) is 4.60. The summed E-state index contributed by atoms with van der Waals surface area (Å²) in [6.07, 6.45) is 4.83. The van der Waals surface area contributed by atoms with Gasteiger partial charge in [-0.05, 0) is 24.8 Å². The summed E-state index contributed by atoms with van der Waals surface area (Å²) in [4.78, 5) is 19.4. The minimum Gasteiger partial charge on any atom is -0.374 e. The Labute approximate surface area is 146 Å². The molecule has 2 aromatic rings. The standard InChI is InChI=1S/C19H22N2O2S/c22-19(21-9-10-23-17-8-4-7-16(17)21)12-15-13-24-18(20-15)11-14-5-2-1-3-6-14/h1-3,5-6,13,16-17H,4,7-12H2. The summed E-state index contributed by atoms with van der Waals surface area (Å²) in [5, 5.41) is 3.10. The number of hydrogen-bond acceptors (Lipinski definition) is 4. The molecule has 126 valence electrons. The highest BCUT2D eigenvalue weighted by atomic mass is 32.1. The van der Waals surface area contributed by atoms with Crippen LogP contribution in [-0.2, 0) is 22.4 Å². The van der Waals surface area contributed by atoms with Gasteiger partial charge in [0.25, 0.3) is 0 Å². The Hall–Kier alpha value is -1.72. The highest BCUT2D eigenvalue weighted by Crippen LogP contribution is 2.30. The van der Waals surface area contributed by atoms with Crippen LogP contribution in [0.2, 0.25) is 0 Å². The molecule has 1 aliphatic carbocycles. The zero-order valence-electron chi connectivity index (χ0n) is 13.7. The number of ether oxygens (including phenoxy) is 1. The number of carbonyl (C=O) groups is 1. The monoisotopic (exact) mass is 342 g/mol. The van der Waals surface area contributed by atoms with E-state index in [0.29, 0.717) is 13.0 Å². The number of nitrogens with zero attached hydrogens (tertiary/aromatic N) is 2. The van der Waals surface area contributed by atoms with E-state index in [1.807, 2.05) is 28.5 Å². The molecule has 1 aliphatic heterocycles. The van der Waals surface area contributed by atoms with E-state index in [0.717, 1.165) is 42.9 Å². The fraction of sp³-hybridized carbons (Fsp3) is 0.474. The van der Waals surface area contributed by atoms with Crippen LogP contribution in [0.25, 0.3) is 0 Å². The summed E-state index contributed by atoms with van der Waals surface area (Å²) >= 11 is 1.65. The molecule has 0 spiro atoms. The first-order chi connectivity index (χ1) is 11.8. The predicted molar refractivity (Wildman–Crippen MR) is 94.2 cm³/mol. The minimum absolute atomic E-state index is 0.201. The van der Waals surface area contributed by atoms with Crippen molar-refractivity contribution >= 4 is 17.2 Å². The van der Waals surface area contributed by atoms with Crippen LogP contribution in [-0.4, -0.2) is 41.1 Å². The van der Waals surface area contributed by atoms with Crippen molar-refractivity contribution in [2.24, 2.45) is 0 Å². The Kier molecular flexibility index (Phi) is 4.63. The molecule has 1 aromatic carbocycles. The van der Waals surface area contributed by atoms with Gasteiger partial charge in [-0.1, -0.05) is 30.3 Å². The van der Waals surface area contributed by atoms with E-state index in [2.05, 4.69) is 17.1 Å². The molecule has 2 heterocycles. The number of aromatic nitrogens is 1. The molecule has 1 amide bonds. The van der Waals surface area contributed by atoms with E-state index >= 15 is 0 Å². The lowest BCUT2D eigenvalue weighted by Gasteiger charge is -2.37. The third kappa shape index (κ3) is 3.37. The number of fused-ring (bicyclic) bond motifs is 1. The first-order valence-corrected chi connectivity index (χ1v) is 9.56. The molecular weight excluding hydrogens is 320 g/mol. The van der Waals surface area contributed by atoms with E-state index < -0.39 is 0 Å². The summed E-state index contributed by atoms with van der Waals surface area (Å²) < 4.78 is 5.80. The van der Waals surface area contributed by atoms with Crippen LogP contribution in [0.15, 0.2) is 35.7 Å². The van der Waals surface area contributed by atoms with Crippen molar-refractivity contribution in [1.82, 2.24) is 9.88 Å². The quantitative estimate of drug-likeness (QED) is 0.858. The number of carbonyl (C=O) groups excluding carboxylic acids is 1. The van der Waals surface area contributed by atoms with Crippen molar-refractivity contribution in [3.05, 3.63) is 52.0 Å². The molecular formula is C19H22N2O2S. The van der Waals surface area contributed by atoms with Crippen LogP contribution >= 0.6 is 11.3 Å². The van der Waals surface area contributed by atoms with E-state index in [9.17, 15) is 4.79 Å². The zero-order chi connectivity index (χ0) is 16.4. The Morgan fingerprint density at radius 2 is 2.17 bits per heavy atom. The van der Waals surface area contributed by atoms with Crippen molar-refractivity contribution in [2.75, 3.05) is 13.2 Å². The first kappa shape index (κ1) is 15.8. The summed E-state index contributed by atoms with van der Waals surface area (Å²) in [5.74, 6) is 0.201. The minimum atomic E-state index is 0.201. The Balaban J connectivity index is 1.39. The van der Waals surface area contributed by atoms with Crippen molar-refractivity contribution < 1.29 is 9.53 Å². The number of thiazole rings is 1. The third-order valence-corrected chi connectivity index (χ3v) is 5.83. The SMILES string of the molecule is O=C(Cc1csc(Cc2ccccc2)n1)N1CCOC2CCCC21. The molecule has 5 heteroatoms. The summed E-state index contributed by atoms with van der Waals surface area (Å²) in [6, 6.07) is 10.6. The second kappa shape index (κ2) is 7.03. The molecule has 1 saturated carbocycles. The van der Waals surface area contributed by atoms with Gasteiger partial charge in [-0.15, -0.1) is 11.3 Å². The van der Waals surface area contributed by atoms with Gasteiger partial charge in [-0.3, -0.25) is 4.79 Å². The maximum atomic E-state index is 12.7. The fourth-order valence-electron chi connectivity index (χ4n) is 3.77. The number of rotatable bonds is 4.